The second-order valence-corrected chi connectivity index (χ2v) is 3.43. The highest BCUT2D eigenvalue weighted by atomic mass is 35.5. The van der Waals surface area contributed by atoms with Crippen LogP contribution in [0.2, 0.25) is 5.02 Å². The molecule has 0 fully saturated rings. The maximum atomic E-state index is 11.4. The van der Waals surface area contributed by atoms with Crippen molar-refractivity contribution in [3.63, 3.8) is 0 Å². The smallest absolute Gasteiger partial charge is 0.255 e. The Balaban J connectivity index is 3.03. The topological polar surface area (TPSA) is 32.9 Å². The molecule has 0 bridgehead atoms. The average Bonchev–Trinajstić information content (AvgIpc) is 2.07. The van der Waals surface area contributed by atoms with Crippen molar-refractivity contribution in [3.8, 4) is 0 Å². The summed E-state index contributed by atoms with van der Waals surface area (Å²) in [5.41, 5.74) is 0.928. The number of halogens is 1. The van der Waals surface area contributed by atoms with Crippen LogP contribution in [-0.2, 0) is 0 Å². The summed E-state index contributed by atoms with van der Waals surface area (Å²) in [6.07, 6.45) is 1.64. The third-order valence-electron chi connectivity index (χ3n) is 2.06. The van der Waals surface area contributed by atoms with E-state index < -0.39 is 0 Å². The van der Waals surface area contributed by atoms with Gasteiger partial charge in [-0.25, -0.2) is 0 Å². The van der Waals surface area contributed by atoms with Crippen LogP contribution >= 0.6 is 11.6 Å². The number of nitrogens with one attached hydrogen (secondary N) is 1. The molecule has 2 rings (SSSR count). The lowest BCUT2D eigenvalue weighted by molar-refractivity contribution is 1.27. The molecule has 1 aromatic heterocycles. The summed E-state index contributed by atoms with van der Waals surface area (Å²) in [7, 11) is 0. The van der Waals surface area contributed by atoms with E-state index in [1.807, 2.05) is 19.1 Å². The van der Waals surface area contributed by atoms with E-state index >= 15 is 0 Å². The zero-order valence-electron chi connectivity index (χ0n) is 7.10. The molecular formula is C10H8ClNO. The first-order chi connectivity index (χ1) is 6.18. The lowest BCUT2D eigenvalue weighted by Crippen LogP contribution is -2.04. The number of aromatic amines is 1. The summed E-state index contributed by atoms with van der Waals surface area (Å²) >= 11 is 5.84. The number of rotatable bonds is 0. The Bertz CT molecular complexity index is 516. The summed E-state index contributed by atoms with van der Waals surface area (Å²) in [5, 5.41) is 2.20. The Labute approximate surface area is 80.2 Å². The molecule has 0 aliphatic rings. The molecule has 0 unspecified atom stereocenters. The Hall–Kier alpha value is -1.28. The molecule has 13 heavy (non-hydrogen) atoms. The highest BCUT2D eigenvalue weighted by Crippen LogP contribution is 2.19. The fraction of sp³-hybridized carbons (Fsp3) is 0.100. The summed E-state index contributed by atoms with van der Waals surface area (Å²) in [5.74, 6) is 0. The molecule has 1 aromatic carbocycles. The van der Waals surface area contributed by atoms with E-state index in [-0.39, 0.29) is 5.56 Å². The Morgan fingerprint density at radius 1 is 1.31 bits per heavy atom. The zero-order valence-corrected chi connectivity index (χ0v) is 7.85. The van der Waals surface area contributed by atoms with Gasteiger partial charge in [-0.05, 0) is 36.1 Å². The van der Waals surface area contributed by atoms with Gasteiger partial charge in [0.1, 0.15) is 0 Å². The highest BCUT2D eigenvalue weighted by Gasteiger charge is 2.01. The third-order valence-corrected chi connectivity index (χ3v) is 2.28. The number of benzene rings is 1. The van der Waals surface area contributed by atoms with Crippen LogP contribution in [0.25, 0.3) is 10.8 Å². The molecule has 3 heteroatoms. The summed E-state index contributed by atoms with van der Waals surface area (Å²) in [6.45, 7) is 1.94. The van der Waals surface area contributed by atoms with E-state index in [4.69, 9.17) is 11.6 Å². The number of H-pyrrole nitrogens is 1. The van der Waals surface area contributed by atoms with Gasteiger partial charge in [0.25, 0.3) is 5.56 Å². The van der Waals surface area contributed by atoms with Gasteiger partial charge < -0.3 is 4.98 Å². The second kappa shape index (κ2) is 2.89. The molecule has 0 atom stereocenters. The van der Waals surface area contributed by atoms with Crippen molar-refractivity contribution in [1.82, 2.24) is 4.98 Å². The van der Waals surface area contributed by atoms with Crippen LogP contribution in [-0.4, -0.2) is 4.98 Å². The summed E-state index contributed by atoms with van der Waals surface area (Å²) in [4.78, 5) is 14.0. The van der Waals surface area contributed by atoms with Gasteiger partial charge in [-0.3, -0.25) is 4.79 Å². The van der Waals surface area contributed by atoms with E-state index in [1.165, 1.54) is 0 Å². The van der Waals surface area contributed by atoms with Crippen molar-refractivity contribution < 1.29 is 0 Å². The van der Waals surface area contributed by atoms with Gasteiger partial charge in [0.05, 0.1) is 0 Å². The SMILES string of the molecule is Cc1cc(Cl)cc2c(=O)[nH]ccc12. The van der Waals surface area contributed by atoms with Crippen molar-refractivity contribution in [2.24, 2.45) is 0 Å². The van der Waals surface area contributed by atoms with Crippen LogP contribution in [0.15, 0.2) is 29.2 Å². The minimum atomic E-state index is -0.0944. The van der Waals surface area contributed by atoms with Crippen molar-refractivity contribution in [1.29, 1.82) is 0 Å². The van der Waals surface area contributed by atoms with Gasteiger partial charge >= 0.3 is 0 Å². The first-order valence-electron chi connectivity index (χ1n) is 3.96. The third kappa shape index (κ3) is 1.33. The first kappa shape index (κ1) is 8.32. The molecule has 66 valence electrons. The quantitative estimate of drug-likeness (QED) is 0.685. The molecule has 0 radical (unpaired) electrons. The van der Waals surface area contributed by atoms with E-state index in [2.05, 4.69) is 4.98 Å². The van der Waals surface area contributed by atoms with Crippen molar-refractivity contribution >= 4 is 22.4 Å². The normalized spacial score (nSPS) is 10.6. The van der Waals surface area contributed by atoms with Gasteiger partial charge in [-0.15, -0.1) is 0 Å². The van der Waals surface area contributed by atoms with Gasteiger partial charge in [-0.1, -0.05) is 11.6 Å². The number of hydrogen-bond acceptors (Lipinski definition) is 1. The monoisotopic (exact) mass is 193 g/mol. The summed E-state index contributed by atoms with van der Waals surface area (Å²) < 4.78 is 0. The zero-order chi connectivity index (χ0) is 9.42. The Morgan fingerprint density at radius 3 is 2.85 bits per heavy atom. The van der Waals surface area contributed by atoms with E-state index in [0.29, 0.717) is 10.4 Å². The fourth-order valence-electron chi connectivity index (χ4n) is 1.44. The van der Waals surface area contributed by atoms with Gasteiger partial charge in [0.15, 0.2) is 0 Å². The van der Waals surface area contributed by atoms with Crippen LogP contribution in [0.5, 0.6) is 0 Å². The predicted octanol–water partition coefficient (Wildman–Crippen LogP) is 2.49. The van der Waals surface area contributed by atoms with Crippen molar-refractivity contribution in [2.45, 2.75) is 6.92 Å². The maximum Gasteiger partial charge on any atom is 0.255 e. The van der Waals surface area contributed by atoms with E-state index in [0.717, 1.165) is 10.9 Å². The number of fused-ring (bicyclic) bond motifs is 1. The molecule has 1 heterocycles. The van der Waals surface area contributed by atoms with Crippen molar-refractivity contribution in [2.75, 3.05) is 0 Å². The van der Waals surface area contributed by atoms with Gasteiger partial charge in [0, 0.05) is 16.6 Å². The van der Waals surface area contributed by atoms with Crippen LogP contribution in [0, 0.1) is 6.92 Å². The van der Waals surface area contributed by atoms with Gasteiger partial charge in [0.2, 0.25) is 0 Å². The minimum Gasteiger partial charge on any atom is -0.329 e. The molecule has 0 aliphatic carbocycles. The molecule has 0 aliphatic heterocycles. The maximum absolute atomic E-state index is 11.4. The Kier molecular flexibility index (Phi) is 1.85. The molecule has 1 N–H and O–H groups in total. The van der Waals surface area contributed by atoms with Crippen molar-refractivity contribution in [3.05, 3.63) is 45.3 Å². The molecule has 0 amide bonds. The largest absolute Gasteiger partial charge is 0.329 e. The molecule has 2 aromatic rings. The number of aryl methyl sites for hydroxylation is 1. The fourth-order valence-corrected chi connectivity index (χ4v) is 1.71. The van der Waals surface area contributed by atoms with Crippen LogP contribution in [0.3, 0.4) is 0 Å². The molecular weight excluding hydrogens is 186 g/mol. The molecule has 0 saturated heterocycles. The molecule has 0 saturated carbocycles. The van der Waals surface area contributed by atoms with Gasteiger partial charge in [-0.2, -0.15) is 0 Å². The van der Waals surface area contributed by atoms with E-state index in [9.17, 15) is 4.79 Å². The first-order valence-corrected chi connectivity index (χ1v) is 4.34. The number of aromatic nitrogens is 1. The second-order valence-electron chi connectivity index (χ2n) is 2.99. The summed E-state index contributed by atoms with van der Waals surface area (Å²) in [6, 6.07) is 5.41. The molecule has 0 spiro atoms. The van der Waals surface area contributed by atoms with Crippen LogP contribution < -0.4 is 5.56 Å². The lowest BCUT2D eigenvalue weighted by Gasteiger charge is -2.00. The lowest BCUT2D eigenvalue weighted by atomic mass is 10.1. The minimum absolute atomic E-state index is 0.0944. The average molecular weight is 194 g/mol. The molecule has 2 nitrogen and oxygen atoms in total. The van der Waals surface area contributed by atoms with Crippen LogP contribution in [0.1, 0.15) is 5.56 Å². The predicted molar refractivity (Wildman–Crippen MR) is 54.3 cm³/mol. The van der Waals surface area contributed by atoms with E-state index in [1.54, 1.807) is 12.3 Å². The number of pyridine rings is 1. The Morgan fingerprint density at radius 2 is 2.08 bits per heavy atom. The standard InChI is InChI=1S/C10H8ClNO/c1-6-4-7(11)5-9-8(6)2-3-12-10(9)13/h2-5H,1H3,(H,12,13). The highest BCUT2D eigenvalue weighted by molar-refractivity contribution is 6.31. The van der Waals surface area contributed by atoms with Crippen LogP contribution in [0.4, 0.5) is 0 Å². The number of hydrogen-bond donors (Lipinski definition) is 1.